The Kier molecular flexibility index (Phi) is 44.6. The molecule has 1 amide bonds. The molecule has 0 aromatic carbocycles. The van der Waals surface area contributed by atoms with Crippen molar-refractivity contribution in [2.45, 2.75) is 301 Å². The number of aliphatic hydroxyl groups is 5. The van der Waals surface area contributed by atoms with Crippen molar-refractivity contribution in [2.24, 2.45) is 0 Å². The molecule has 1 rings (SSSR count). The Morgan fingerprint density at radius 2 is 1.03 bits per heavy atom. The van der Waals surface area contributed by atoms with Crippen molar-refractivity contribution < 1.29 is 49.3 Å². The van der Waals surface area contributed by atoms with Crippen molar-refractivity contribution in [1.29, 1.82) is 0 Å². The number of esters is 1. The van der Waals surface area contributed by atoms with Gasteiger partial charge in [0.25, 0.3) is 0 Å². The minimum absolute atomic E-state index is 0.124. The van der Waals surface area contributed by atoms with Crippen LogP contribution in [0.2, 0.25) is 0 Å². The third-order valence-corrected chi connectivity index (χ3v) is 13.6. The van der Waals surface area contributed by atoms with Gasteiger partial charge >= 0.3 is 5.97 Å². The van der Waals surface area contributed by atoms with E-state index in [1.807, 2.05) is 30.4 Å². The van der Waals surface area contributed by atoms with Gasteiger partial charge in [-0.3, -0.25) is 9.59 Å². The van der Waals surface area contributed by atoms with Gasteiger partial charge in [-0.05, 0) is 44.9 Å². The van der Waals surface area contributed by atoms with Crippen LogP contribution in [0.5, 0.6) is 0 Å². The minimum Gasteiger partial charge on any atom is -0.454 e. The summed E-state index contributed by atoms with van der Waals surface area (Å²) in [5.41, 5.74) is 0. The van der Waals surface area contributed by atoms with E-state index in [9.17, 15) is 35.1 Å². The standard InChI is InChI=1S/C59H107NO10/c1-4-7-10-13-16-19-22-25-26-27-28-29-32-35-38-41-44-47-54(64)70-57-56(66)55(65)53(48-61)69-59(57)68-49-50(51(62)45-42-39-36-33-30-23-20-17-14-11-8-5-2)60-58(67)52(63)46-43-40-37-34-31-24-21-18-15-12-9-6-3/h9,12,15,18,21,24,42,45,50-53,55-57,59,61-63,65-66H,4-8,10-11,13-14,16-17,19-20,22-23,25-41,43-44,46-49H2,1-3H3,(H,60,67)/b12-9+,18-15+,24-21-,45-42+. The molecule has 8 atom stereocenters. The number of amides is 1. The number of hydrogen-bond donors (Lipinski definition) is 6. The molecule has 1 heterocycles. The van der Waals surface area contributed by atoms with Gasteiger partial charge in [0.1, 0.15) is 24.4 Å². The van der Waals surface area contributed by atoms with Crippen LogP contribution in [0.1, 0.15) is 252 Å². The van der Waals surface area contributed by atoms with Crippen LogP contribution in [0, 0.1) is 0 Å². The molecule has 0 aromatic heterocycles. The molecular weight excluding hydrogens is 883 g/mol. The summed E-state index contributed by atoms with van der Waals surface area (Å²) < 4.78 is 17.6. The second kappa shape index (κ2) is 47.6. The second-order valence-corrected chi connectivity index (χ2v) is 20.1. The number of carbonyl (C=O) groups excluding carboxylic acids is 2. The topological polar surface area (TPSA) is 175 Å². The van der Waals surface area contributed by atoms with E-state index in [4.69, 9.17) is 14.2 Å². The van der Waals surface area contributed by atoms with Gasteiger partial charge in [0, 0.05) is 6.42 Å². The number of unbranched alkanes of at least 4 members (excludes halogenated alkanes) is 30. The maximum atomic E-state index is 13.3. The molecule has 0 radical (unpaired) electrons. The summed E-state index contributed by atoms with van der Waals surface area (Å²) in [6.45, 7) is 5.64. The van der Waals surface area contributed by atoms with Gasteiger partial charge in [0.15, 0.2) is 12.4 Å². The number of hydrogen-bond acceptors (Lipinski definition) is 10. The zero-order valence-corrected chi connectivity index (χ0v) is 44.9. The molecule has 0 spiro atoms. The fourth-order valence-electron chi connectivity index (χ4n) is 8.95. The summed E-state index contributed by atoms with van der Waals surface area (Å²) >= 11 is 0. The fraction of sp³-hybridized carbons (Fsp3) is 0.831. The zero-order chi connectivity index (χ0) is 51.1. The van der Waals surface area contributed by atoms with Gasteiger partial charge in [-0.2, -0.15) is 0 Å². The smallest absolute Gasteiger partial charge is 0.306 e. The summed E-state index contributed by atoms with van der Waals surface area (Å²) in [6.07, 6.45) is 45.9. The van der Waals surface area contributed by atoms with Crippen LogP contribution in [-0.2, 0) is 23.8 Å². The first kappa shape index (κ1) is 65.6. The number of nitrogens with one attached hydrogen (secondary N) is 1. The molecule has 1 saturated heterocycles. The SMILES string of the molecule is CC/C=C/C=C/C=C\CCCCCCC(O)C(=O)NC(COC1OC(CO)C(O)C(O)C1OC(=O)CCCCCCCCCCCCCCCCCCC)C(O)/C=C/CCCCCCCCCCCC. The van der Waals surface area contributed by atoms with Crippen molar-refractivity contribution in [2.75, 3.05) is 13.2 Å². The molecule has 0 aliphatic carbocycles. The molecule has 11 nitrogen and oxygen atoms in total. The summed E-state index contributed by atoms with van der Waals surface area (Å²) in [5, 5.41) is 56.7. The van der Waals surface area contributed by atoms with Gasteiger partial charge in [-0.1, -0.05) is 249 Å². The Hall–Kier alpha value is -2.38. The Morgan fingerprint density at radius 3 is 1.53 bits per heavy atom. The van der Waals surface area contributed by atoms with E-state index in [2.05, 4.69) is 38.2 Å². The summed E-state index contributed by atoms with van der Waals surface area (Å²) in [7, 11) is 0. The Bertz CT molecular complexity index is 1320. The number of ether oxygens (including phenoxy) is 3. The highest BCUT2D eigenvalue weighted by Crippen LogP contribution is 2.26. The van der Waals surface area contributed by atoms with E-state index in [-0.39, 0.29) is 19.4 Å². The third kappa shape index (κ3) is 35.7. The minimum atomic E-state index is -1.61. The van der Waals surface area contributed by atoms with E-state index in [1.165, 1.54) is 135 Å². The second-order valence-electron chi connectivity index (χ2n) is 20.1. The highest BCUT2D eigenvalue weighted by Gasteiger charge is 2.47. The van der Waals surface area contributed by atoms with Crippen molar-refractivity contribution in [1.82, 2.24) is 5.32 Å². The van der Waals surface area contributed by atoms with Crippen molar-refractivity contribution in [3.8, 4) is 0 Å². The first-order chi connectivity index (χ1) is 34.2. The van der Waals surface area contributed by atoms with Crippen LogP contribution in [0.15, 0.2) is 48.6 Å². The van der Waals surface area contributed by atoms with E-state index in [0.29, 0.717) is 12.8 Å². The van der Waals surface area contributed by atoms with Crippen molar-refractivity contribution in [3.63, 3.8) is 0 Å². The van der Waals surface area contributed by atoms with E-state index in [1.54, 1.807) is 6.08 Å². The monoisotopic (exact) mass is 990 g/mol. The average Bonchev–Trinajstić information content (AvgIpc) is 3.36. The first-order valence-electron chi connectivity index (χ1n) is 28.9. The lowest BCUT2D eigenvalue weighted by molar-refractivity contribution is -0.305. The number of carbonyl (C=O) groups is 2. The van der Waals surface area contributed by atoms with Crippen LogP contribution in [0.3, 0.4) is 0 Å². The number of aliphatic hydroxyl groups excluding tert-OH is 5. The molecule has 8 unspecified atom stereocenters. The molecule has 11 heteroatoms. The van der Waals surface area contributed by atoms with Crippen molar-refractivity contribution >= 4 is 11.9 Å². The average molecular weight is 991 g/mol. The predicted octanol–water partition coefficient (Wildman–Crippen LogP) is 12.9. The fourth-order valence-corrected chi connectivity index (χ4v) is 8.95. The van der Waals surface area contributed by atoms with Crippen LogP contribution < -0.4 is 5.32 Å². The van der Waals surface area contributed by atoms with Crippen LogP contribution >= 0.6 is 0 Å². The normalized spacial score (nSPS) is 20.0. The largest absolute Gasteiger partial charge is 0.454 e. The molecule has 6 N–H and O–H groups in total. The molecule has 1 aliphatic rings. The van der Waals surface area contributed by atoms with E-state index in [0.717, 1.165) is 70.6 Å². The highest BCUT2D eigenvalue weighted by molar-refractivity contribution is 5.80. The first-order valence-corrected chi connectivity index (χ1v) is 28.9. The Labute approximate surface area is 427 Å². The lowest BCUT2D eigenvalue weighted by Crippen LogP contribution is -2.61. The lowest BCUT2D eigenvalue weighted by Gasteiger charge is -2.41. The third-order valence-electron chi connectivity index (χ3n) is 13.6. The van der Waals surface area contributed by atoms with Crippen LogP contribution in [0.4, 0.5) is 0 Å². The summed E-state index contributed by atoms with van der Waals surface area (Å²) in [5.74, 6) is -1.21. The molecule has 1 aliphatic heterocycles. The summed E-state index contributed by atoms with van der Waals surface area (Å²) in [4.78, 5) is 26.4. The molecule has 1 fully saturated rings. The van der Waals surface area contributed by atoms with Gasteiger partial charge in [0.2, 0.25) is 5.91 Å². The molecule has 0 aromatic rings. The predicted molar refractivity (Wildman–Crippen MR) is 287 cm³/mol. The number of rotatable bonds is 48. The van der Waals surface area contributed by atoms with Crippen molar-refractivity contribution in [3.05, 3.63) is 48.6 Å². The van der Waals surface area contributed by atoms with Gasteiger partial charge in [-0.25, -0.2) is 0 Å². The highest BCUT2D eigenvalue weighted by atomic mass is 16.7. The Balaban J connectivity index is 2.71. The van der Waals surface area contributed by atoms with E-state index < -0.39 is 67.4 Å². The molecule has 408 valence electrons. The molecule has 0 saturated carbocycles. The molecule has 70 heavy (non-hydrogen) atoms. The zero-order valence-electron chi connectivity index (χ0n) is 44.9. The quantitative estimate of drug-likeness (QED) is 0.0149. The lowest BCUT2D eigenvalue weighted by atomic mass is 9.99. The van der Waals surface area contributed by atoms with E-state index >= 15 is 0 Å². The molecular formula is C59H107NO10. The van der Waals surface area contributed by atoms with Gasteiger partial charge in [0.05, 0.1) is 25.4 Å². The number of allylic oxidation sites excluding steroid dienone is 7. The van der Waals surface area contributed by atoms with Gasteiger partial charge in [-0.15, -0.1) is 0 Å². The maximum absolute atomic E-state index is 13.3. The van der Waals surface area contributed by atoms with Crippen LogP contribution in [-0.4, -0.2) is 99.6 Å². The van der Waals surface area contributed by atoms with Crippen LogP contribution in [0.25, 0.3) is 0 Å². The Morgan fingerprint density at radius 1 is 0.571 bits per heavy atom. The maximum Gasteiger partial charge on any atom is 0.306 e. The summed E-state index contributed by atoms with van der Waals surface area (Å²) in [6, 6.07) is -1.03. The van der Waals surface area contributed by atoms with Gasteiger partial charge < -0.3 is 45.1 Å². The molecule has 0 bridgehead atoms.